The molecule has 0 aliphatic rings. The maximum atomic E-state index is 12.4. The van der Waals surface area contributed by atoms with Gasteiger partial charge in [0.25, 0.3) is 0 Å². The average Bonchev–Trinajstić information content (AvgIpc) is 3.07. The predicted molar refractivity (Wildman–Crippen MR) is 204 cm³/mol. The lowest BCUT2D eigenvalue weighted by Crippen LogP contribution is -2.49. The number of amides is 1. The Kier molecular flexibility index (Phi) is 37.6. The molecule has 0 aromatic heterocycles. The predicted octanol–water partition coefficient (Wildman–Crippen LogP) is 11.9. The van der Waals surface area contributed by atoms with Gasteiger partial charge in [0.05, 0.1) is 18.8 Å². The van der Waals surface area contributed by atoms with Gasteiger partial charge in [-0.15, -0.1) is 0 Å². The van der Waals surface area contributed by atoms with Crippen molar-refractivity contribution in [1.29, 1.82) is 0 Å². The molecule has 0 aliphatic carbocycles. The molecule has 0 aromatic rings. The third-order valence-corrected chi connectivity index (χ3v) is 10.2. The fourth-order valence-corrected chi connectivity index (χ4v) is 6.84. The summed E-state index contributed by atoms with van der Waals surface area (Å²) in [5.41, 5.74) is 0. The lowest BCUT2D eigenvalue weighted by Gasteiger charge is -2.23. The summed E-state index contributed by atoms with van der Waals surface area (Å²) in [6, 6.07) is -0.704. The van der Waals surface area contributed by atoms with Crippen LogP contribution in [0.3, 0.4) is 0 Å². The minimum absolute atomic E-state index is 0.308. The zero-order chi connectivity index (χ0) is 34.5. The minimum atomic E-state index is -1.07. The number of carbonyl (C=O) groups is 1. The van der Waals surface area contributed by atoms with Crippen LogP contribution in [0.2, 0.25) is 0 Å². The van der Waals surface area contributed by atoms with Gasteiger partial charge in [-0.25, -0.2) is 0 Å². The molecule has 0 saturated heterocycles. The largest absolute Gasteiger partial charge is 0.394 e. The summed E-state index contributed by atoms with van der Waals surface area (Å²) in [6.07, 6.45) is 42.5. The van der Waals surface area contributed by atoms with Crippen LogP contribution < -0.4 is 5.32 Å². The van der Waals surface area contributed by atoms with Crippen LogP contribution in [0.25, 0.3) is 0 Å². The Morgan fingerprint density at radius 3 is 0.957 bits per heavy atom. The zero-order valence-corrected chi connectivity index (χ0v) is 31.9. The van der Waals surface area contributed by atoms with Crippen LogP contribution in [0, 0.1) is 0 Å². The van der Waals surface area contributed by atoms with Crippen LogP contribution in [-0.4, -0.2) is 46.1 Å². The summed E-state index contributed by atoms with van der Waals surface area (Å²) >= 11 is 0. The Morgan fingerprint density at radius 2 is 0.681 bits per heavy atom. The van der Waals surface area contributed by atoms with Crippen LogP contribution in [0.1, 0.15) is 239 Å². The summed E-state index contributed by atoms with van der Waals surface area (Å²) in [6.45, 7) is 4.23. The van der Waals surface area contributed by atoms with E-state index in [1.54, 1.807) is 0 Å². The molecule has 3 unspecified atom stereocenters. The van der Waals surface area contributed by atoms with E-state index in [2.05, 4.69) is 19.2 Å². The number of aliphatic hydroxyl groups is 3. The Bertz CT molecular complexity index is 615. The monoisotopic (exact) mass is 668 g/mol. The normalized spacial score (nSPS) is 13.6. The lowest BCUT2D eigenvalue weighted by molar-refractivity contribution is -0.131. The van der Waals surface area contributed by atoms with Gasteiger partial charge in [0.15, 0.2) is 0 Å². The lowest BCUT2D eigenvalue weighted by atomic mass is 10.0. The van der Waals surface area contributed by atoms with E-state index >= 15 is 0 Å². The van der Waals surface area contributed by atoms with E-state index in [9.17, 15) is 20.1 Å². The molecule has 0 rings (SSSR count). The Balaban J connectivity index is 3.54. The summed E-state index contributed by atoms with van der Waals surface area (Å²) in [7, 11) is 0. The molecule has 0 spiro atoms. The van der Waals surface area contributed by atoms with Crippen molar-refractivity contribution in [2.75, 3.05) is 6.61 Å². The van der Waals surface area contributed by atoms with Crippen molar-refractivity contribution in [2.24, 2.45) is 0 Å². The van der Waals surface area contributed by atoms with E-state index in [-0.39, 0.29) is 6.61 Å². The summed E-state index contributed by atoms with van der Waals surface area (Å²) in [4.78, 5) is 12.4. The number of hydrogen-bond acceptors (Lipinski definition) is 4. The molecule has 0 aromatic carbocycles. The van der Waals surface area contributed by atoms with Gasteiger partial charge in [-0.1, -0.05) is 226 Å². The standard InChI is InChI=1S/C42H85NO4/c1-3-5-7-9-11-13-15-16-17-18-19-20-21-22-23-24-25-27-29-31-33-35-37-41(46)42(47)43-39(38-44)40(45)36-34-32-30-28-26-14-12-10-8-6-4-2/h39-41,44-46H,3-38H2,1-2H3,(H,43,47). The zero-order valence-electron chi connectivity index (χ0n) is 31.9. The maximum absolute atomic E-state index is 12.4. The first-order chi connectivity index (χ1) is 23.1. The summed E-state index contributed by atoms with van der Waals surface area (Å²) < 4.78 is 0. The second kappa shape index (κ2) is 38.2. The van der Waals surface area contributed by atoms with Crippen molar-refractivity contribution in [3.63, 3.8) is 0 Å². The van der Waals surface area contributed by atoms with E-state index in [0.29, 0.717) is 12.8 Å². The molecule has 0 saturated carbocycles. The van der Waals surface area contributed by atoms with Gasteiger partial charge in [-0.2, -0.15) is 0 Å². The highest BCUT2D eigenvalue weighted by Crippen LogP contribution is 2.17. The third-order valence-electron chi connectivity index (χ3n) is 10.2. The third kappa shape index (κ3) is 33.6. The first kappa shape index (κ1) is 46.4. The second-order valence-electron chi connectivity index (χ2n) is 14.9. The molecular formula is C42H85NO4. The average molecular weight is 668 g/mol. The molecule has 0 bridgehead atoms. The first-order valence-electron chi connectivity index (χ1n) is 21.3. The van der Waals surface area contributed by atoms with E-state index in [1.807, 2.05) is 0 Å². The Morgan fingerprint density at radius 1 is 0.426 bits per heavy atom. The van der Waals surface area contributed by atoms with Crippen molar-refractivity contribution >= 4 is 5.91 Å². The first-order valence-corrected chi connectivity index (χ1v) is 21.3. The number of carbonyl (C=O) groups excluding carboxylic acids is 1. The van der Waals surface area contributed by atoms with Crippen molar-refractivity contribution < 1.29 is 20.1 Å². The fourth-order valence-electron chi connectivity index (χ4n) is 6.84. The van der Waals surface area contributed by atoms with Crippen molar-refractivity contribution in [3.8, 4) is 0 Å². The van der Waals surface area contributed by atoms with Gasteiger partial charge < -0.3 is 20.6 Å². The number of unbranched alkanes of at least 4 members (excludes halogenated alkanes) is 31. The van der Waals surface area contributed by atoms with Gasteiger partial charge in [-0.3, -0.25) is 4.79 Å². The maximum Gasteiger partial charge on any atom is 0.249 e. The molecule has 1 amide bonds. The van der Waals surface area contributed by atoms with Crippen LogP contribution in [-0.2, 0) is 4.79 Å². The van der Waals surface area contributed by atoms with E-state index in [0.717, 1.165) is 32.1 Å². The highest BCUT2D eigenvalue weighted by Gasteiger charge is 2.23. The molecular weight excluding hydrogens is 582 g/mol. The van der Waals surface area contributed by atoms with Gasteiger partial charge >= 0.3 is 0 Å². The van der Waals surface area contributed by atoms with Crippen molar-refractivity contribution in [2.45, 2.75) is 257 Å². The molecule has 47 heavy (non-hydrogen) atoms. The topological polar surface area (TPSA) is 89.8 Å². The number of hydrogen-bond donors (Lipinski definition) is 4. The van der Waals surface area contributed by atoms with Gasteiger partial charge in [0.2, 0.25) is 5.91 Å². The van der Waals surface area contributed by atoms with Crippen LogP contribution >= 0.6 is 0 Å². The minimum Gasteiger partial charge on any atom is -0.394 e. The SMILES string of the molecule is CCCCCCCCCCCCCCCCCCCCCCCCC(O)C(=O)NC(CO)C(O)CCCCCCCCCCCCC. The molecule has 0 aliphatic heterocycles. The number of nitrogens with one attached hydrogen (secondary N) is 1. The molecule has 5 nitrogen and oxygen atoms in total. The fraction of sp³-hybridized carbons (Fsp3) is 0.976. The quantitative estimate of drug-likeness (QED) is 0.0491. The molecule has 5 heteroatoms. The van der Waals surface area contributed by atoms with Gasteiger partial charge in [0, 0.05) is 0 Å². The van der Waals surface area contributed by atoms with Gasteiger partial charge in [-0.05, 0) is 12.8 Å². The van der Waals surface area contributed by atoms with E-state index in [4.69, 9.17) is 0 Å². The Hall–Kier alpha value is -0.650. The number of aliphatic hydroxyl groups excluding tert-OH is 3. The summed E-state index contributed by atoms with van der Waals surface area (Å²) in [5, 5.41) is 33.2. The molecule has 282 valence electrons. The van der Waals surface area contributed by atoms with Crippen LogP contribution in [0.5, 0.6) is 0 Å². The van der Waals surface area contributed by atoms with Crippen LogP contribution in [0.4, 0.5) is 0 Å². The molecule has 4 N–H and O–H groups in total. The molecule has 0 heterocycles. The van der Waals surface area contributed by atoms with E-state index in [1.165, 1.54) is 180 Å². The highest BCUT2D eigenvalue weighted by molar-refractivity contribution is 5.80. The highest BCUT2D eigenvalue weighted by atomic mass is 16.3. The molecule has 0 radical (unpaired) electrons. The van der Waals surface area contributed by atoms with Crippen LogP contribution in [0.15, 0.2) is 0 Å². The Labute approximate surface area is 294 Å². The van der Waals surface area contributed by atoms with Crippen molar-refractivity contribution in [1.82, 2.24) is 5.32 Å². The second-order valence-corrected chi connectivity index (χ2v) is 14.9. The number of rotatable bonds is 39. The molecule has 3 atom stereocenters. The molecule has 0 fully saturated rings. The summed E-state index contributed by atoms with van der Waals surface area (Å²) in [5.74, 6) is -0.467. The van der Waals surface area contributed by atoms with E-state index < -0.39 is 24.2 Å². The van der Waals surface area contributed by atoms with Gasteiger partial charge in [0.1, 0.15) is 6.10 Å². The van der Waals surface area contributed by atoms with Crippen molar-refractivity contribution in [3.05, 3.63) is 0 Å². The smallest absolute Gasteiger partial charge is 0.249 e.